The number of esters is 1. The van der Waals surface area contributed by atoms with Crippen molar-refractivity contribution in [1.29, 1.82) is 0 Å². The fourth-order valence-electron chi connectivity index (χ4n) is 3.65. The quantitative estimate of drug-likeness (QED) is 0.211. The Morgan fingerprint density at radius 3 is 1.67 bits per heavy atom. The number of allylic oxidation sites excluding steroid dienone is 2. The van der Waals surface area contributed by atoms with Gasteiger partial charge in [0.1, 0.15) is 0 Å². The predicted molar refractivity (Wildman–Crippen MR) is 131 cm³/mol. The zero-order valence-corrected chi connectivity index (χ0v) is 18.4. The van der Waals surface area contributed by atoms with E-state index in [9.17, 15) is 4.79 Å². The van der Waals surface area contributed by atoms with E-state index in [-0.39, 0.29) is 5.97 Å². The van der Waals surface area contributed by atoms with E-state index < -0.39 is 6.89 Å². The van der Waals surface area contributed by atoms with E-state index >= 15 is 0 Å². The molecule has 0 spiro atoms. The second-order valence-electron chi connectivity index (χ2n) is 7.09. The van der Waals surface area contributed by atoms with Gasteiger partial charge in [0.2, 0.25) is 0 Å². The average Bonchev–Trinajstić information content (AvgIpc) is 2.82. The first kappa shape index (κ1) is 21.9. The molecule has 0 radical (unpaired) electrons. The third-order valence-corrected chi connectivity index (χ3v) is 9.25. The Balaban J connectivity index is 1.97. The molecule has 0 amide bonds. The van der Waals surface area contributed by atoms with Crippen molar-refractivity contribution in [3.8, 4) is 0 Å². The highest BCUT2D eigenvalue weighted by molar-refractivity contribution is 7.94. The Labute approximate surface area is 180 Å². The van der Waals surface area contributed by atoms with Crippen LogP contribution in [0.25, 0.3) is 0 Å². The third-order valence-electron chi connectivity index (χ3n) is 5.15. The average molecular weight is 417 g/mol. The van der Waals surface area contributed by atoms with Crippen molar-refractivity contribution in [2.75, 3.05) is 7.11 Å². The minimum atomic E-state index is -1.88. The Morgan fingerprint density at radius 1 is 0.767 bits per heavy atom. The molecule has 0 heterocycles. The van der Waals surface area contributed by atoms with E-state index in [0.29, 0.717) is 6.42 Å². The normalized spacial score (nSPS) is 11.4. The summed E-state index contributed by atoms with van der Waals surface area (Å²) < 4.78 is 4.70. The molecule has 0 aliphatic heterocycles. The van der Waals surface area contributed by atoms with Gasteiger partial charge in [-0.3, -0.25) is 4.79 Å². The molecular formula is C27H29O2P. The van der Waals surface area contributed by atoms with Gasteiger partial charge in [0.05, 0.1) is 7.11 Å². The molecule has 0 bridgehead atoms. The molecule has 0 aliphatic rings. The molecule has 154 valence electrons. The first-order valence-electron chi connectivity index (χ1n) is 10.4. The number of rotatable bonds is 9. The number of unbranched alkanes of at least 4 members (excludes halogenated alkanes) is 1. The van der Waals surface area contributed by atoms with Crippen molar-refractivity contribution in [2.45, 2.75) is 25.7 Å². The predicted octanol–water partition coefficient (Wildman–Crippen LogP) is 5.07. The van der Waals surface area contributed by atoms with Gasteiger partial charge in [-0.05, 0) is 42.1 Å². The van der Waals surface area contributed by atoms with Gasteiger partial charge in [-0.1, -0.05) is 109 Å². The number of carbonyl (C=O) groups excluding carboxylic acids is 1. The van der Waals surface area contributed by atoms with Crippen molar-refractivity contribution < 1.29 is 9.53 Å². The molecule has 3 heteroatoms. The number of methoxy groups -OCH3 is 1. The van der Waals surface area contributed by atoms with Gasteiger partial charge in [-0.25, -0.2) is 0 Å². The summed E-state index contributed by atoms with van der Waals surface area (Å²) >= 11 is 0. The standard InChI is InChI=1S/C27H29O2P/c1-29-27(28)22-14-3-2-4-15-23-30(24-16-8-5-9-17-24,25-18-10-6-11-19-25)26-20-12-7-13-21-26/h2,4-13,16-21,23H,3,14-15,22H2,1H3/b4-2-. The lowest BCUT2D eigenvalue weighted by molar-refractivity contribution is -0.140. The Morgan fingerprint density at radius 2 is 1.23 bits per heavy atom. The van der Waals surface area contributed by atoms with Crippen LogP contribution in [0.1, 0.15) is 25.7 Å². The first-order valence-corrected chi connectivity index (χ1v) is 12.2. The van der Waals surface area contributed by atoms with Crippen LogP contribution in [0.4, 0.5) is 0 Å². The van der Waals surface area contributed by atoms with Gasteiger partial charge < -0.3 is 4.74 Å². The van der Waals surface area contributed by atoms with Crippen LogP contribution in [0.2, 0.25) is 0 Å². The zero-order valence-electron chi connectivity index (χ0n) is 17.5. The van der Waals surface area contributed by atoms with E-state index in [1.807, 2.05) is 0 Å². The lowest BCUT2D eigenvalue weighted by Gasteiger charge is -2.28. The number of carbonyl (C=O) groups is 1. The van der Waals surface area contributed by atoms with Gasteiger partial charge in [-0.15, -0.1) is 0 Å². The van der Waals surface area contributed by atoms with Gasteiger partial charge in [-0.2, -0.15) is 0 Å². The number of benzene rings is 3. The highest BCUT2D eigenvalue weighted by atomic mass is 31.2. The molecule has 0 aromatic heterocycles. The molecular weight excluding hydrogens is 387 g/mol. The second-order valence-corrected chi connectivity index (χ2v) is 10.4. The molecule has 0 saturated carbocycles. The summed E-state index contributed by atoms with van der Waals surface area (Å²) in [6.07, 6.45) is 7.45. The summed E-state index contributed by atoms with van der Waals surface area (Å²) in [7, 11) is 1.44. The lowest BCUT2D eigenvalue weighted by Crippen LogP contribution is -2.26. The zero-order chi connectivity index (χ0) is 21.1. The molecule has 3 aromatic rings. The van der Waals surface area contributed by atoms with Crippen LogP contribution >= 0.6 is 6.89 Å². The van der Waals surface area contributed by atoms with Crippen LogP contribution in [0.5, 0.6) is 0 Å². The molecule has 0 aliphatic carbocycles. The van der Waals surface area contributed by atoms with Crippen LogP contribution in [0, 0.1) is 0 Å². The SMILES string of the molecule is COC(=O)CCC/C=C\CC=P(c1ccccc1)(c1ccccc1)c1ccccc1. The molecule has 30 heavy (non-hydrogen) atoms. The smallest absolute Gasteiger partial charge is 0.305 e. The van der Waals surface area contributed by atoms with Gasteiger partial charge in [0.25, 0.3) is 0 Å². The first-order chi connectivity index (χ1) is 14.8. The molecule has 3 rings (SSSR count). The maximum Gasteiger partial charge on any atom is 0.305 e. The molecule has 0 unspecified atom stereocenters. The molecule has 0 atom stereocenters. The van der Waals surface area contributed by atoms with Crippen molar-refractivity contribution in [3.05, 3.63) is 103 Å². The largest absolute Gasteiger partial charge is 0.469 e. The molecule has 3 aromatic carbocycles. The topological polar surface area (TPSA) is 26.3 Å². The lowest BCUT2D eigenvalue weighted by atomic mass is 10.2. The van der Waals surface area contributed by atoms with Crippen LogP contribution in [-0.4, -0.2) is 18.9 Å². The van der Waals surface area contributed by atoms with E-state index in [2.05, 4.69) is 109 Å². The summed E-state index contributed by atoms with van der Waals surface area (Å²) in [6, 6.07) is 32.6. The summed E-state index contributed by atoms with van der Waals surface area (Å²) in [4.78, 5) is 11.3. The third kappa shape index (κ3) is 5.40. The van der Waals surface area contributed by atoms with Gasteiger partial charge in [0.15, 0.2) is 0 Å². The van der Waals surface area contributed by atoms with E-state index in [4.69, 9.17) is 4.74 Å². The molecule has 0 fully saturated rings. The van der Waals surface area contributed by atoms with Crippen LogP contribution in [0.3, 0.4) is 0 Å². The minimum Gasteiger partial charge on any atom is -0.469 e. The fraction of sp³-hybridized carbons (Fsp3) is 0.185. The fourth-order valence-corrected chi connectivity index (χ4v) is 7.54. The Kier molecular flexibility index (Phi) is 8.30. The van der Waals surface area contributed by atoms with Crippen molar-refractivity contribution in [1.82, 2.24) is 0 Å². The van der Waals surface area contributed by atoms with Crippen LogP contribution in [0.15, 0.2) is 103 Å². The minimum absolute atomic E-state index is 0.142. The van der Waals surface area contributed by atoms with Gasteiger partial charge >= 0.3 is 5.97 Å². The summed E-state index contributed by atoms with van der Waals surface area (Å²) in [5, 5.41) is 4.09. The highest BCUT2D eigenvalue weighted by Gasteiger charge is 2.23. The van der Waals surface area contributed by atoms with E-state index in [1.165, 1.54) is 23.0 Å². The Hall–Kier alpha value is -2.83. The van der Waals surface area contributed by atoms with Gasteiger partial charge in [0, 0.05) is 6.42 Å². The molecule has 2 nitrogen and oxygen atoms in total. The summed E-state index contributed by atoms with van der Waals surface area (Å²) in [5.74, 6) is 2.36. The molecule has 0 saturated heterocycles. The summed E-state index contributed by atoms with van der Waals surface area (Å²) in [5.41, 5.74) is 0. The number of ether oxygens (including phenoxy) is 1. The second kappa shape index (κ2) is 11.4. The monoisotopic (exact) mass is 416 g/mol. The van der Waals surface area contributed by atoms with Crippen LogP contribution in [-0.2, 0) is 9.53 Å². The van der Waals surface area contributed by atoms with Crippen LogP contribution < -0.4 is 15.9 Å². The Bertz CT molecular complexity index is 889. The maximum atomic E-state index is 11.3. The highest BCUT2D eigenvalue weighted by Crippen LogP contribution is 2.43. The van der Waals surface area contributed by atoms with Crippen molar-refractivity contribution in [3.63, 3.8) is 0 Å². The van der Waals surface area contributed by atoms with Crippen molar-refractivity contribution in [2.24, 2.45) is 0 Å². The van der Waals surface area contributed by atoms with Crippen molar-refractivity contribution >= 4 is 34.6 Å². The molecule has 0 N–H and O–H groups in total. The van der Waals surface area contributed by atoms with E-state index in [0.717, 1.165) is 19.3 Å². The van der Waals surface area contributed by atoms with E-state index in [1.54, 1.807) is 0 Å². The number of hydrogen-bond donors (Lipinski definition) is 0. The maximum absolute atomic E-state index is 11.3. The number of hydrogen-bond acceptors (Lipinski definition) is 2. The summed E-state index contributed by atoms with van der Waals surface area (Å²) in [6.45, 7) is -1.88.